The topological polar surface area (TPSA) is 557 Å². The summed E-state index contributed by atoms with van der Waals surface area (Å²) in [5, 5.41) is 54.2. The highest BCUT2D eigenvalue weighted by molar-refractivity contribution is 7.98. The quantitative estimate of drug-likeness (QED) is 0.0196. The van der Waals surface area contributed by atoms with Crippen LogP contribution in [0.2, 0.25) is 0 Å². The monoisotopic (exact) mass is 1090 g/mol. The Bertz CT molecular complexity index is 2500. The molecule has 1 fully saturated rings. The van der Waals surface area contributed by atoms with E-state index in [0.717, 1.165) is 20.2 Å². The number of nitrogens with one attached hydrogen (secondary N) is 7. The number of amides is 8. The molecular weight excluding hydrogens is 1030 g/mol. The van der Waals surface area contributed by atoms with Gasteiger partial charge in [0.05, 0.1) is 44.5 Å². The van der Waals surface area contributed by atoms with Crippen LogP contribution in [-0.2, 0) is 62.4 Å². The zero-order valence-corrected chi connectivity index (χ0v) is 41.5. The highest BCUT2D eigenvalue weighted by Crippen LogP contribution is 2.32. The zero-order valence-electron chi connectivity index (χ0n) is 39.9. The van der Waals surface area contributed by atoms with Crippen molar-refractivity contribution in [1.82, 2.24) is 56.1 Å². The number of anilines is 1. The molecule has 8 amide bonds. The van der Waals surface area contributed by atoms with Gasteiger partial charge in [-0.1, -0.05) is 0 Å². The molecule has 3 rings (SSSR count). The lowest BCUT2D eigenvalue weighted by Crippen LogP contribution is -2.59. The maximum absolute atomic E-state index is 13.4. The van der Waals surface area contributed by atoms with Gasteiger partial charge in [-0.05, 0) is 45.1 Å². The lowest BCUT2D eigenvalue weighted by atomic mass is 10.1. The largest absolute Gasteiger partial charge is 0.481 e. The molecular formula is C38H61N17O17S2. The number of rotatable bonds is 30. The molecule has 0 bridgehead atoms. The number of primary amides is 1. The van der Waals surface area contributed by atoms with Crippen molar-refractivity contribution in [2.45, 2.75) is 113 Å². The number of nitrogens with zero attached hydrogens (tertiary/aromatic N) is 5. The lowest BCUT2D eigenvalue weighted by Gasteiger charge is -2.25. The van der Waals surface area contributed by atoms with Crippen LogP contribution in [0, 0.1) is 0 Å². The third kappa shape index (κ3) is 18.8. The number of aliphatic hydroxyl groups is 3. The van der Waals surface area contributed by atoms with Crippen LogP contribution in [-0.4, -0.2) is 200 Å². The van der Waals surface area contributed by atoms with Gasteiger partial charge in [-0.25, -0.2) is 19.7 Å². The summed E-state index contributed by atoms with van der Waals surface area (Å²) in [5.74, 6) is -10.6. The maximum Gasteiger partial charge on any atom is 0.362 e. The second-order valence-electron chi connectivity index (χ2n) is 16.4. The molecule has 2 aromatic heterocycles. The number of thioether (sulfide) groups is 1. The van der Waals surface area contributed by atoms with E-state index in [0.29, 0.717) is 5.75 Å². The van der Waals surface area contributed by atoms with Crippen LogP contribution in [0.3, 0.4) is 0 Å². The average molecular weight is 1090 g/mol. The minimum absolute atomic E-state index is 0.0114. The van der Waals surface area contributed by atoms with Crippen LogP contribution in [0.15, 0.2) is 17.6 Å². The van der Waals surface area contributed by atoms with Gasteiger partial charge in [0.25, 0.3) is 5.91 Å². The summed E-state index contributed by atoms with van der Waals surface area (Å²) in [4.78, 5) is 131. The molecule has 36 heteroatoms. The Kier molecular flexibility index (Phi) is 23.5. The Balaban J connectivity index is 1.60. The summed E-state index contributed by atoms with van der Waals surface area (Å²) in [6, 6.07) is -9.70. The predicted octanol–water partition coefficient (Wildman–Crippen LogP) is -9.17. The fourth-order valence-corrected chi connectivity index (χ4v) is 7.86. The summed E-state index contributed by atoms with van der Waals surface area (Å²) in [7, 11) is -5.17. The first-order valence-corrected chi connectivity index (χ1v) is 24.9. The summed E-state index contributed by atoms with van der Waals surface area (Å²) >= 11 is 1.44. The molecule has 0 radical (unpaired) electrons. The number of hydrogen-bond donors (Lipinski definition) is 16. The maximum atomic E-state index is 13.4. The van der Waals surface area contributed by atoms with E-state index in [-0.39, 0.29) is 48.7 Å². The van der Waals surface area contributed by atoms with Crippen molar-refractivity contribution in [2.24, 2.45) is 27.9 Å². The summed E-state index contributed by atoms with van der Waals surface area (Å²) in [5.41, 5.74) is 27.9. The molecule has 21 N–H and O–H groups in total. The van der Waals surface area contributed by atoms with Gasteiger partial charge in [-0.3, -0.25) is 56.9 Å². The van der Waals surface area contributed by atoms with E-state index in [4.69, 9.17) is 37.6 Å². The second-order valence-corrected chi connectivity index (χ2v) is 18.7. The van der Waals surface area contributed by atoms with Gasteiger partial charge in [0.15, 0.2) is 23.7 Å². The number of guanidine groups is 1. The Morgan fingerprint density at radius 1 is 0.851 bits per heavy atom. The van der Waals surface area contributed by atoms with E-state index in [1.807, 2.05) is 5.32 Å². The van der Waals surface area contributed by atoms with Crippen molar-refractivity contribution in [3.63, 3.8) is 0 Å². The van der Waals surface area contributed by atoms with E-state index in [9.17, 15) is 72.0 Å². The Morgan fingerprint density at radius 3 is 2.12 bits per heavy atom. The van der Waals surface area contributed by atoms with Gasteiger partial charge in [0.2, 0.25) is 41.4 Å². The van der Waals surface area contributed by atoms with Crippen LogP contribution < -0.4 is 65.3 Å². The molecule has 0 unspecified atom stereocenters. The summed E-state index contributed by atoms with van der Waals surface area (Å²) < 4.78 is 38.5. The first-order chi connectivity index (χ1) is 34.7. The second kappa shape index (κ2) is 28.4. The van der Waals surface area contributed by atoms with Crippen molar-refractivity contribution < 1.29 is 80.9 Å². The Hall–Kier alpha value is -7.09. The van der Waals surface area contributed by atoms with Crippen LogP contribution in [0.25, 0.3) is 11.2 Å². The number of nitrogens with two attached hydrogens (primary N) is 5. The minimum Gasteiger partial charge on any atom is -0.481 e. The molecule has 1 aliphatic rings. The number of aliphatic hydroxyl groups excluding tert-OH is 3. The standard InChI is InChI=1S/C38H61N17O17S2/c1-15(31(63)52-20(10-24(59)60)35(67)54-74(69,70)71-12-21-27(61)28(62)37(72-21)55-14-48-26-29(41)46-13-47-30(26)55)49-34(66)19(9-22(40)57)50-23(58)11-45-36(68)25(16(2)56)53-33(65)18(5-4-7-44-38(42)43)51-32(64)17(39)6-8-73-3/h13-21,25,27-28,37,56,61-62H,4-12,39H2,1-3H3,(H2,40,57)(H,45,68)(H,49,66)(H,50,58)(H,51,64)(H,52,63)(H,53,65)(H,54,67)(H,59,60)(H2,41,46,47)(H4,42,43,44)/t15-,16+,17-,18-,19-,20-,21+,25-,27+,28+,37+/m0/s1. The molecule has 0 saturated carbocycles. The molecule has 1 saturated heterocycles. The van der Waals surface area contributed by atoms with Gasteiger partial charge in [-0.15, -0.1) is 0 Å². The molecule has 3 heterocycles. The van der Waals surface area contributed by atoms with Crippen molar-refractivity contribution in [3.05, 3.63) is 12.7 Å². The van der Waals surface area contributed by atoms with Crippen LogP contribution >= 0.6 is 11.8 Å². The smallest absolute Gasteiger partial charge is 0.362 e. The van der Waals surface area contributed by atoms with Crippen molar-refractivity contribution in [3.8, 4) is 0 Å². The zero-order chi connectivity index (χ0) is 55.6. The molecule has 0 aromatic carbocycles. The van der Waals surface area contributed by atoms with Gasteiger partial charge in [-0.2, -0.15) is 20.2 Å². The van der Waals surface area contributed by atoms with E-state index in [2.05, 4.69) is 46.5 Å². The Morgan fingerprint density at radius 2 is 1.50 bits per heavy atom. The van der Waals surface area contributed by atoms with E-state index >= 15 is 0 Å². The van der Waals surface area contributed by atoms with Gasteiger partial charge < -0.3 is 85.7 Å². The lowest BCUT2D eigenvalue weighted by molar-refractivity contribution is -0.140. The third-order valence-corrected chi connectivity index (χ3v) is 12.0. The van der Waals surface area contributed by atoms with E-state index in [1.165, 1.54) is 27.4 Å². The summed E-state index contributed by atoms with van der Waals surface area (Å²) in [6.07, 6.45) is -5.62. The molecule has 74 heavy (non-hydrogen) atoms. The van der Waals surface area contributed by atoms with Crippen molar-refractivity contribution >= 4 is 98.2 Å². The minimum atomic E-state index is -5.17. The first kappa shape index (κ1) is 61.2. The normalized spacial score (nSPS) is 19.2. The summed E-state index contributed by atoms with van der Waals surface area (Å²) in [6.45, 7) is 0.258. The third-order valence-electron chi connectivity index (χ3n) is 10.5. The van der Waals surface area contributed by atoms with E-state index < -0.39 is 156 Å². The molecule has 2 aromatic rings. The number of fused-ring (bicyclic) bond motifs is 1. The molecule has 412 valence electrons. The number of aromatic nitrogens is 4. The number of hydrogen-bond acceptors (Lipinski definition) is 23. The highest BCUT2D eigenvalue weighted by atomic mass is 32.2. The van der Waals surface area contributed by atoms with Crippen LogP contribution in [0.4, 0.5) is 5.82 Å². The van der Waals surface area contributed by atoms with Crippen LogP contribution in [0.5, 0.6) is 0 Å². The Labute approximate surface area is 425 Å². The van der Waals surface area contributed by atoms with Gasteiger partial charge in [0, 0.05) is 6.54 Å². The average Bonchev–Trinajstić information content (AvgIpc) is 3.87. The number of aliphatic carboxylic acids is 1. The molecule has 0 aliphatic carbocycles. The molecule has 34 nitrogen and oxygen atoms in total. The first-order valence-electron chi connectivity index (χ1n) is 22.1. The molecule has 0 spiro atoms. The van der Waals surface area contributed by atoms with Gasteiger partial charge >= 0.3 is 16.3 Å². The highest BCUT2D eigenvalue weighted by Gasteiger charge is 2.45. The number of carboxylic acids is 1. The molecule has 1 aliphatic heterocycles. The number of aliphatic imine (C=N–C) groups is 1. The fourth-order valence-electron chi connectivity index (χ4n) is 6.61. The van der Waals surface area contributed by atoms with Gasteiger partial charge in [0.1, 0.15) is 60.4 Å². The number of carbonyl (C=O) groups is 9. The van der Waals surface area contributed by atoms with Crippen molar-refractivity contribution in [2.75, 3.05) is 37.4 Å². The number of nitrogen functional groups attached to an aromatic ring is 1. The fraction of sp³-hybridized carbons (Fsp3) is 0.605. The van der Waals surface area contributed by atoms with Crippen molar-refractivity contribution in [1.29, 1.82) is 0 Å². The number of carboxylic acid groups (broad SMARTS) is 1. The number of carbonyl (C=O) groups excluding carboxylic acids is 8. The van der Waals surface area contributed by atoms with Crippen LogP contribution in [0.1, 0.15) is 52.2 Å². The number of imidazole rings is 1. The predicted molar refractivity (Wildman–Crippen MR) is 256 cm³/mol. The van der Waals surface area contributed by atoms with E-state index in [1.54, 1.807) is 6.26 Å². The molecule has 11 atom stereocenters. The number of ether oxygens (including phenoxy) is 1. The SMILES string of the molecule is CSCC[C@H](N)C(=O)N[C@@H](CCCN=C(N)N)C(=O)N[C@H](C(=O)NCC(=O)N[C@@H](CC(N)=O)C(=O)N[C@@H](C)C(=O)N[C@@H](CC(=O)O)C(=O)NS(=O)(=O)OC[C@H]1O[C@@H](n2cnc3c(N)ncnc32)[C@H](O)[C@@H]1O)[C@@H](C)O.